The maximum atomic E-state index is 13.7. The molecule has 0 aliphatic heterocycles. The fourth-order valence-electron chi connectivity index (χ4n) is 2.93. The summed E-state index contributed by atoms with van der Waals surface area (Å²) in [6.07, 6.45) is 1.92. The fraction of sp³-hybridized carbons (Fsp3) is 0.294. The zero-order chi connectivity index (χ0) is 14.1. The average molecular weight is 271 g/mol. The van der Waals surface area contributed by atoms with Crippen LogP contribution < -0.4 is 10.5 Å². The molecule has 3 rings (SSSR count). The fourth-order valence-corrected chi connectivity index (χ4v) is 2.93. The largest absolute Gasteiger partial charge is 0.494 e. The zero-order valence-corrected chi connectivity index (χ0v) is 11.5. The SMILES string of the molecule is COc1ccc(C(N)CC2Cc3ccccc32)cc1F. The summed E-state index contributed by atoms with van der Waals surface area (Å²) < 4.78 is 18.6. The van der Waals surface area contributed by atoms with E-state index in [1.807, 2.05) is 6.07 Å². The highest BCUT2D eigenvalue weighted by molar-refractivity contribution is 5.40. The number of rotatable bonds is 4. The molecule has 0 spiro atoms. The first-order chi connectivity index (χ1) is 9.69. The summed E-state index contributed by atoms with van der Waals surface area (Å²) in [4.78, 5) is 0. The highest BCUT2D eigenvalue weighted by Crippen LogP contribution is 2.40. The van der Waals surface area contributed by atoms with Gasteiger partial charge in [-0.2, -0.15) is 0 Å². The molecule has 0 amide bonds. The molecule has 104 valence electrons. The molecule has 0 fully saturated rings. The summed E-state index contributed by atoms with van der Waals surface area (Å²) in [5, 5.41) is 0. The number of fused-ring (bicyclic) bond motifs is 1. The second kappa shape index (κ2) is 5.25. The van der Waals surface area contributed by atoms with E-state index in [9.17, 15) is 4.39 Å². The van der Waals surface area contributed by atoms with Crippen LogP contribution in [0.4, 0.5) is 4.39 Å². The van der Waals surface area contributed by atoms with Crippen LogP contribution in [0.5, 0.6) is 5.75 Å². The Morgan fingerprint density at radius 2 is 2.10 bits per heavy atom. The first-order valence-electron chi connectivity index (χ1n) is 6.86. The Balaban J connectivity index is 1.72. The van der Waals surface area contributed by atoms with Crippen LogP contribution in [0, 0.1) is 5.82 Å². The van der Waals surface area contributed by atoms with Gasteiger partial charge in [0.15, 0.2) is 11.6 Å². The molecule has 2 unspecified atom stereocenters. The van der Waals surface area contributed by atoms with Gasteiger partial charge in [0.2, 0.25) is 0 Å². The van der Waals surface area contributed by atoms with Crippen molar-refractivity contribution in [2.45, 2.75) is 24.8 Å². The lowest BCUT2D eigenvalue weighted by Gasteiger charge is -2.32. The quantitative estimate of drug-likeness (QED) is 0.922. The first kappa shape index (κ1) is 13.1. The number of methoxy groups -OCH3 is 1. The van der Waals surface area contributed by atoms with Crippen LogP contribution in [0.3, 0.4) is 0 Å². The molecule has 1 aliphatic rings. The van der Waals surface area contributed by atoms with Gasteiger partial charge >= 0.3 is 0 Å². The highest BCUT2D eigenvalue weighted by Gasteiger charge is 2.27. The summed E-state index contributed by atoms with van der Waals surface area (Å²) in [6.45, 7) is 0. The van der Waals surface area contributed by atoms with Gasteiger partial charge in [-0.05, 0) is 47.6 Å². The monoisotopic (exact) mass is 271 g/mol. The van der Waals surface area contributed by atoms with Crippen molar-refractivity contribution in [3.05, 3.63) is 65.0 Å². The van der Waals surface area contributed by atoms with Crippen molar-refractivity contribution in [3.8, 4) is 5.75 Å². The minimum atomic E-state index is -0.352. The topological polar surface area (TPSA) is 35.2 Å². The molecule has 2 aromatic carbocycles. The van der Waals surface area contributed by atoms with Crippen molar-refractivity contribution in [2.24, 2.45) is 5.73 Å². The van der Waals surface area contributed by atoms with Crippen LogP contribution in [0.2, 0.25) is 0 Å². The van der Waals surface area contributed by atoms with Crippen molar-refractivity contribution in [1.29, 1.82) is 0 Å². The van der Waals surface area contributed by atoms with Gasteiger partial charge < -0.3 is 10.5 Å². The van der Waals surface area contributed by atoms with Crippen LogP contribution in [0.15, 0.2) is 42.5 Å². The van der Waals surface area contributed by atoms with E-state index in [1.165, 1.54) is 24.3 Å². The predicted octanol–water partition coefficient (Wildman–Crippen LogP) is 3.56. The molecule has 0 bridgehead atoms. The molecule has 20 heavy (non-hydrogen) atoms. The van der Waals surface area contributed by atoms with Gasteiger partial charge in [0, 0.05) is 6.04 Å². The number of benzene rings is 2. The van der Waals surface area contributed by atoms with Crippen molar-refractivity contribution in [2.75, 3.05) is 7.11 Å². The summed E-state index contributed by atoms with van der Waals surface area (Å²) in [7, 11) is 1.46. The van der Waals surface area contributed by atoms with Crippen LogP contribution in [-0.2, 0) is 6.42 Å². The van der Waals surface area contributed by atoms with Crippen molar-refractivity contribution >= 4 is 0 Å². The summed E-state index contributed by atoms with van der Waals surface area (Å²) in [5.41, 5.74) is 9.84. The van der Waals surface area contributed by atoms with Crippen molar-refractivity contribution in [1.82, 2.24) is 0 Å². The smallest absolute Gasteiger partial charge is 0.165 e. The summed E-state index contributed by atoms with van der Waals surface area (Å²) >= 11 is 0. The third-order valence-corrected chi connectivity index (χ3v) is 4.10. The minimum Gasteiger partial charge on any atom is -0.494 e. The molecule has 0 aromatic heterocycles. The lowest BCUT2D eigenvalue weighted by molar-refractivity contribution is 0.385. The van der Waals surface area contributed by atoms with Gasteiger partial charge in [-0.15, -0.1) is 0 Å². The van der Waals surface area contributed by atoms with Crippen molar-refractivity contribution < 1.29 is 9.13 Å². The molecule has 2 atom stereocenters. The number of hydrogen-bond acceptors (Lipinski definition) is 2. The van der Waals surface area contributed by atoms with E-state index in [-0.39, 0.29) is 17.6 Å². The molecule has 0 saturated carbocycles. The molecular weight excluding hydrogens is 253 g/mol. The summed E-state index contributed by atoms with van der Waals surface area (Å²) in [6, 6.07) is 13.3. The molecule has 2 aromatic rings. The van der Waals surface area contributed by atoms with E-state index >= 15 is 0 Å². The summed E-state index contributed by atoms with van der Waals surface area (Å²) in [5.74, 6) is 0.399. The molecule has 1 aliphatic carbocycles. The van der Waals surface area contributed by atoms with E-state index in [2.05, 4.69) is 24.3 Å². The first-order valence-corrected chi connectivity index (χ1v) is 6.86. The number of hydrogen-bond donors (Lipinski definition) is 1. The third-order valence-electron chi connectivity index (χ3n) is 4.10. The van der Waals surface area contributed by atoms with Gasteiger partial charge in [-0.1, -0.05) is 30.3 Å². The normalized spacial score (nSPS) is 18.1. The van der Waals surface area contributed by atoms with Gasteiger partial charge in [-0.25, -0.2) is 4.39 Å². The Morgan fingerprint density at radius 3 is 2.80 bits per heavy atom. The number of ether oxygens (including phenoxy) is 1. The second-order valence-corrected chi connectivity index (χ2v) is 5.34. The average Bonchev–Trinajstić information content (AvgIpc) is 2.44. The molecule has 3 heteroatoms. The molecule has 0 saturated heterocycles. The van der Waals surface area contributed by atoms with Crippen LogP contribution >= 0.6 is 0 Å². The van der Waals surface area contributed by atoms with E-state index in [0.29, 0.717) is 5.92 Å². The van der Waals surface area contributed by atoms with E-state index in [0.717, 1.165) is 18.4 Å². The number of nitrogens with two attached hydrogens (primary N) is 1. The molecular formula is C17H18FNO. The highest BCUT2D eigenvalue weighted by atomic mass is 19.1. The molecule has 0 heterocycles. The van der Waals surface area contributed by atoms with E-state index in [4.69, 9.17) is 10.5 Å². The lowest BCUT2D eigenvalue weighted by atomic mass is 9.74. The van der Waals surface area contributed by atoms with Crippen LogP contribution in [-0.4, -0.2) is 7.11 Å². The Bertz CT molecular complexity index is 626. The number of halogens is 1. The van der Waals surface area contributed by atoms with Gasteiger partial charge in [0.25, 0.3) is 0 Å². The standard InChI is InChI=1S/C17H18FNO/c1-20-17-7-6-12(9-15(17)18)16(19)10-13-8-11-4-2-3-5-14(11)13/h2-7,9,13,16H,8,10,19H2,1H3. The van der Waals surface area contributed by atoms with Gasteiger partial charge in [0.05, 0.1) is 7.11 Å². The van der Waals surface area contributed by atoms with Gasteiger partial charge in [-0.3, -0.25) is 0 Å². The maximum Gasteiger partial charge on any atom is 0.165 e. The lowest BCUT2D eigenvalue weighted by Crippen LogP contribution is -2.22. The zero-order valence-electron chi connectivity index (χ0n) is 11.5. The predicted molar refractivity (Wildman–Crippen MR) is 77.4 cm³/mol. The van der Waals surface area contributed by atoms with Crippen LogP contribution in [0.1, 0.15) is 35.1 Å². The Morgan fingerprint density at radius 1 is 1.30 bits per heavy atom. The third kappa shape index (κ3) is 2.29. The van der Waals surface area contributed by atoms with E-state index < -0.39 is 0 Å². The van der Waals surface area contributed by atoms with Crippen molar-refractivity contribution in [3.63, 3.8) is 0 Å². The Kier molecular flexibility index (Phi) is 3.45. The second-order valence-electron chi connectivity index (χ2n) is 5.34. The maximum absolute atomic E-state index is 13.7. The molecule has 0 radical (unpaired) electrons. The molecule has 2 N–H and O–H groups in total. The minimum absolute atomic E-state index is 0.145. The van der Waals surface area contributed by atoms with Gasteiger partial charge in [0.1, 0.15) is 0 Å². The molecule has 2 nitrogen and oxygen atoms in total. The Labute approximate surface area is 118 Å². The Hall–Kier alpha value is -1.87. The van der Waals surface area contributed by atoms with Crippen LogP contribution in [0.25, 0.3) is 0 Å². The van der Waals surface area contributed by atoms with E-state index in [1.54, 1.807) is 6.07 Å².